The van der Waals surface area contributed by atoms with Gasteiger partial charge in [-0.25, -0.2) is 4.98 Å². The first kappa shape index (κ1) is 20.3. The third kappa shape index (κ3) is 3.63. The molecular formula is C26H22N6O2. The van der Waals surface area contributed by atoms with Gasteiger partial charge in [-0.2, -0.15) is 4.98 Å². The van der Waals surface area contributed by atoms with Crippen LogP contribution in [0.3, 0.4) is 0 Å². The molecule has 8 nitrogen and oxygen atoms in total. The van der Waals surface area contributed by atoms with Gasteiger partial charge in [-0.3, -0.25) is 14.2 Å². The van der Waals surface area contributed by atoms with Crippen LogP contribution in [-0.4, -0.2) is 47.9 Å². The van der Waals surface area contributed by atoms with E-state index in [0.29, 0.717) is 36.1 Å². The van der Waals surface area contributed by atoms with Crippen LogP contribution in [0.25, 0.3) is 28.4 Å². The number of nitrogens with zero attached hydrogens (tertiary/aromatic N) is 6. The van der Waals surface area contributed by atoms with Crippen molar-refractivity contribution in [3.8, 4) is 22.8 Å². The summed E-state index contributed by atoms with van der Waals surface area (Å²) in [4.78, 5) is 29.2. The highest BCUT2D eigenvalue weighted by atomic mass is 16.5. The summed E-state index contributed by atoms with van der Waals surface area (Å²) in [7, 11) is 0. The predicted octanol–water partition coefficient (Wildman–Crippen LogP) is 4.29. The van der Waals surface area contributed by atoms with E-state index < -0.39 is 0 Å². The van der Waals surface area contributed by atoms with Crippen LogP contribution in [0.2, 0.25) is 0 Å². The van der Waals surface area contributed by atoms with Crippen molar-refractivity contribution in [2.24, 2.45) is 0 Å². The molecule has 1 aromatic carbocycles. The van der Waals surface area contributed by atoms with Crippen LogP contribution in [0.1, 0.15) is 29.2 Å². The molecule has 1 saturated heterocycles. The minimum atomic E-state index is -0.0745. The van der Waals surface area contributed by atoms with Gasteiger partial charge in [0, 0.05) is 37.0 Å². The van der Waals surface area contributed by atoms with Gasteiger partial charge in [0.1, 0.15) is 11.3 Å². The summed E-state index contributed by atoms with van der Waals surface area (Å²) >= 11 is 0. The minimum Gasteiger partial charge on any atom is -0.339 e. The second-order valence-corrected chi connectivity index (χ2v) is 8.33. The van der Waals surface area contributed by atoms with Crippen LogP contribution in [0.5, 0.6) is 0 Å². The van der Waals surface area contributed by atoms with Crippen molar-refractivity contribution in [1.29, 1.82) is 0 Å². The fourth-order valence-electron chi connectivity index (χ4n) is 4.61. The van der Waals surface area contributed by atoms with Gasteiger partial charge in [0.25, 0.3) is 5.91 Å². The number of rotatable bonds is 5. The average molecular weight is 451 g/mol. The Balaban J connectivity index is 1.31. The molecule has 5 heterocycles. The molecule has 1 aliphatic heterocycles. The molecule has 168 valence electrons. The Morgan fingerprint density at radius 2 is 1.85 bits per heavy atom. The van der Waals surface area contributed by atoms with E-state index in [1.165, 1.54) is 0 Å². The smallest absolute Gasteiger partial charge is 0.275 e. The molecule has 0 spiro atoms. The van der Waals surface area contributed by atoms with Gasteiger partial charge < -0.3 is 9.42 Å². The summed E-state index contributed by atoms with van der Waals surface area (Å²) < 4.78 is 7.47. The molecule has 1 fully saturated rings. The van der Waals surface area contributed by atoms with E-state index in [1.807, 2.05) is 82.2 Å². The van der Waals surface area contributed by atoms with Crippen LogP contribution in [-0.2, 0) is 6.42 Å². The SMILES string of the molecule is O=C(c1nc2ccccn2c1-c1ccccc1)N1CCC[C@H]1Cc1nc(-c2ccccn2)no1. The molecule has 0 bridgehead atoms. The highest BCUT2D eigenvalue weighted by Gasteiger charge is 2.34. The van der Waals surface area contributed by atoms with Gasteiger partial charge in [0.2, 0.25) is 11.7 Å². The summed E-state index contributed by atoms with van der Waals surface area (Å²) in [6.07, 6.45) is 5.94. The van der Waals surface area contributed by atoms with E-state index in [-0.39, 0.29) is 11.9 Å². The van der Waals surface area contributed by atoms with Gasteiger partial charge in [-0.15, -0.1) is 0 Å². The van der Waals surface area contributed by atoms with Gasteiger partial charge in [0.05, 0.1) is 5.69 Å². The zero-order chi connectivity index (χ0) is 22.9. The van der Waals surface area contributed by atoms with Crippen molar-refractivity contribution in [1.82, 2.24) is 29.4 Å². The van der Waals surface area contributed by atoms with Crippen molar-refractivity contribution < 1.29 is 9.32 Å². The minimum absolute atomic E-state index is 0.0297. The third-order valence-electron chi connectivity index (χ3n) is 6.19. The predicted molar refractivity (Wildman–Crippen MR) is 126 cm³/mol. The van der Waals surface area contributed by atoms with Crippen LogP contribution < -0.4 is 0 Å². The molecule has 0 unspecified atom stereocenters. The lowest BCUT2D eigenvalue weighted by molar-refractivity contribution is 0.0727. The van der Waals surface area contributed by atoms with Crippen molar-refractivity contribution in [3.05, 3.63) is 90.7 Å². The van der Waals surface area contributed by atoms with E-state index in [0.717, 1.165) is 29.7 Å². The molecule has 0 aliphatic carbocycles. The number of carbonyl (C=O) groups is 1. The molecular weight excluding hydrogens is 428 g/mol. The van der Waals surface area contributed by atoms with Crippen LogP contribution in [0, 0.1) is 0 Å². The second kappa shape index (κ2) is 8.55. The molecule has 0 saturated carbocycles. The highest BCUT2D eigenvalue weighted by Crippen LogP contribution is 2.29. The maximum absolute atomic E-state index is 13.8. The van der Waals surface area contributed by atoms with Crippen molar-refractivity contribution in [2.75, 3.05) is 6.54 Å². The van der Waals surface area contributed by atoms with E-state index in [2.05, 4.69) is 15.1 Å². The summed E-state index contributed by atoms with van der Waals surface area (Å²) in [6.45, 7) is 0.673. The van der Waals surface area contributed by atoms with Gasteiger partial charge in [0.15, 0.2) is 5.69 Å². The van der Waals surface area contributed by atoms with E-state index in [1.54, 1.807) is 6.20 Å². The second-order valence-electron chi connectivity index (χ2n) is 8.33. The summed E-state index contributed by atoms with van der Waals surface area (Å²) in [5, 5.41) is 4.07. The summed E-state index contributed by atoms with van der Waals surface area (Å²) in [6, 6.07) is 21.3. The van der Waals surface area contributed by atoms with E-state index >= 15 is 0 Å². The number of likely N-dealkylation sites (tertiary alicyclic amines) is 1. The molecule has 0 radical (unpaired) electrons. The molecule has 4 aromatic heterocycles. The molecule has 1 atom stereocenters. The lowest BCUT2D eigenvalue weighted by Crippen LogP contribution is -2.37. The Morgan fingerprint density at radius 3 is 2.71 bits per heavy atom. The normalized spacial score (nSPS) is 15.8. The van der Waals surface area contributed by atoms with Gasteiger partial charge in [-0.05, 0) is 37.1 Å². The number of benzene rings is 1. The average Bonchev–Trinajstić information content (AvgIpc) is 3.63. The number of imidazole rings is 1. The number of hydrogen-bond acceptors (Lipinski definition) is 6. The fraction of sp³-hybridized carbons (Fsp3) is 0.192. The first-order chi connectivity index (χ1) is 16.8. The maximum atomic E-state index is 13.8. The molecule has 5 aromatic rings. The van der Waals surface area contributed by atoms with Crippen molar-refractivity contribution in [3.63, 3.8) is 0 Å². The number of carbonyl (C=O) groups excluding carboxylic acids is 1. The zero-order valence-corrected chi connectivity index (χ0v) is 18.4. The topological polar surface area (TPSA) is 89.4 Å². The highest BCUT2D eigenvalue weighted by molar-refractivity contribution is 5.99. The maximum Gasteiger partial charge on any atom is 0.275 e. The number of amides is 1. The number of hydrogen-bond donors (Lipinski definition) is 0. The Bertz CT molecular complexity index is 1440. The summed E-state index contributed by atoms with van der Waals surface area (Å²) in [5.41, 5.74) is 3.63. The Hall–Kier alpha value is -4.33. The molecule has 8 heteroatoms. The first-order valence-electron chi connectivity index (χ1n) is 11.4. The molecule has 0 N–H and O–H groups in total. The Labute approximate surface area is 195 Å². The van der Waals surface area contributed by atoms with E-state index in [9.17, 15) is 4.79 Å². The van der Waals surface area contributed by atoms with Crippen molar-refractivity contribution >= 4 is 11.6 Å². The standard InChI is InChI=1S/C26H22N6O2/c33-26(23-24(18-9-2-1-3-10-18)32-15-7-5-13-21(32)28-23)31-16-8-11-19(31)17-22-29-25(30-34-22)20-12-4-6-14-27-20/h1-7,9-10,12-15,19H,8,11,16-17H2/t19-/m0/s1. The molecule has 1 aliphatic rings. The first-order valence-corrected chi connectivity index (χ1v) is 11.4. The number of aromatic nitrogens is 5. The number of pyridine rings is 2. The zero-order valence-electron chi connectivity index (χ0n) is 18.4. The third-order valence-corrected chi connectivity index (χ3v) is 6.19. The Kier molecular flexibility index (Phi) is 5.10. The Morgan fingerprint density at radius 1 is 1.00 bits per heavy atom. The van der Waals surface area contributed by atoms with Crippen LogP contribution in [0.4, 0.5) is 0 Å². The van der Waals surface area contributed by atoms with E-state index in [4.69, 9.17) is 9.51 Å². The van der Waals surface area contributed by atoms with Crippen LogP contribution >= 0.6 is 0 Å². The van der Waals surface area contributed by atoms with Gasteiger partial charge >= 0.3 is 0 Å². The fourth-order valence-corrected chi connectivity index (χ4v) is 4.61. The lowest BCUT2D eigenvalue weighted by Gasteiger charge is -2.23. The van der Waals surface area contributed by atoms with Crippen molar-refractivity contribution in [2.45, 2.75) is 25.3 Å². The molecule has 1 amide bonds. The quantitative estimate of drug-likeness (QED) is 0.397. The molecule has 6 rings (SSSR count). The monoisotopic (exact) mass is 450 g/mol. The summed E-state index contributed by atoms with van der Waals surface area (Å²) in [5.74, 6) is 0.886. The number of fused-ring (bicyclic) bond motifs is 1. The molecule has 34 heavy (non-hydrogen) atoms. The lowest BCUT2D eigenvalue weighted by atomic mass is 10.1. The van der Waals surface area contributed by atoms with Gasteiger partial charge in [-0.1, -0.05) is 47.6 Å². The van der Waals surface area contributed by atoms with Crippen LogP contribution in [0.15, 0.2) is 83.6 Å². The largest absolute Gasteiger partial charge is 0.339 e.